The number of nitrogens with one attached hydrogen (secondary N) is 1. The molecule has 3 rings (SSSR count). The number of furan rings is 1. The van der Waals surface area contributed by atoms with Crippen LogP contribution in [-0.2, 0) is 9.59 Å². The second-order valence-electron chi connectivity index (χ2n) is 6.63. The maximum atomic E-state index is 12.7. The average Bonchev–Trinajstić information content (AvgIpc) is 3.11. The van der Waals surface area contributed by atoms with Crippen LogP contribution in [0, 0.1) is 5.92 Å². The topological polar surface area (TPSA) is 62.6 Å². The van der Waals surface area contributed by atoms with E-state index in [1.54, 1.807) is 29.2 Å². The molecule has 0 aromatic carbocycles. The molecular formula is C18H26N2O3S. The number of carbonyl (C=O) groups excluding carboxylic acids is 2. The summed E-state index contributed by atoms with van der Waals surface area (Å²) in [6.07, 6.45) is 9.71. The fourth-order valence-corrected chi connectivity index (χ4v) is 4.49. The van der Waals surface area contributed by atoms with Crippen LogP contribution in [0.25, 0.3) is 0 Å². The molecule has 1 saturated carbocycles. The van der Waals surface area contributed by atoms with Crippen LogP contribution in [0.3, 0.4) is 0 Å². The van der Waals surface area contributed by atoms with Gasteiger partial charge in [-0.15, -0.1) is 11.8 Å². The fourth-order valence-electron chi connectivity index (χ4n) is 3.07. The lowest BCUT2D eigenvalue weighted by molar-refractivity contribution is -0.140. The zero-order valence-corrected chi connectivity index (χ0v) is 15.0. The number of hydrogen-bond donors (Lipinski definition) is 1. The number of rotatable bonds is 8. The van der Waals surface area contributed by atoms with E-state index in [0.29, 0.717) is 12.3 Å². The molecule has 1 aliphatic carbocycles. The van der Waals surface area contributed by atoms with E-state index in [2.05, 4.69) is 12.2 Å². The van der Waals surface area contributed by atoms with Crippen LogP contribution in [0.1, 0.15) is 56.4 Å². The Morgan fingerprint density at radius 2 is 2.17 bits per heavy atom. The van der Waals surface area contributed by atoms with Crippen molar-refractivity contribution in [3.8, 4) is 0 Å². The average molecular weight is 350 g/mol. The van der Waals surface area contributed by atoms with Gasteiger partial charge in [-0.3, -0.25) is 9.59 Å². The zero-order valence-electron chi connectivity index (χ0n) is 14.2. The normalized spacial score (nSPS) is 23.5. The minimum atomic E-state index is -0.367. The van der Waals surface area contributed by atoms with Crippen LogP contribution >= 0.6 is 11.8 Å². The van der Waals surface area contributed by atoms with Crippen LogP contribution in [0.5, 0.6) is 0 Å². The van der Waals surface area contributed by atoms with Gasteiger partial charge in [0, 0.05) is 23.8 Å². The highest BCUT2D eigenvalue weighted by atomic mass is 32.2. The summed E-state index contributed by atoms with van der Waals surface area (Å²) in [6.45, 7) is 2.87. The summed E-state index contributed by atoms with van der Waals surface area (Å²) in [5.74, 6) is 0.865. The summed E-state index contributed by atoms with van der Waals surface area (Å²) >= 11 is 1.65. The largest absolute Gasteiger partial charge is 0.472 e. The first-order chi connectivity index (χ1) is 11.7. The third kappa shape index (κ3) is 3.97. The van der Waals surface area contributed by atoms with E-state index < -0.39 is 0 Å². The van der Waals surface area contributed by atoms with Gasteiger partial charge in [-0.1, -0.05) is 26.2 Å². The van der Waals surface area contributed by atoms with Gasteiger partial charge in [-0.05, 0) is 25.3 Å². The minimum Gasteiger partial charge on any atom is -0.472 e. The van der Waals surface area contributed by atoms with E-state index in [0.717, 1.165) is 31.2 Å². The van der Waals surface area contributed by atoms with Crippen molar-refractivity contribution in [1.82, 2.24) is 10.2 Å². The van der Waals surface area contributed by atoms with E-state index in [9.17, 15) is 9.59 Å². The molecule has 0 spiro atoms. The van der Waals surface area contributed by atoms with Crippen LogP contribution in [0.2, 0.25) is 0 Å². The Hall–Kier alpha value is -1.43. The van der Waals surface area contributed by atoms with Crippen LogP contribution in [0.4, 0.5) is 0 Å². The second kappa shape index (κ2) is 8.10. The number of carbonyl (C=O) groups is 2. The minimum absolute atomic E-state index is 0.0148. The van der Waals surface area contributed by atoms with Gasteiger partial charge in [0.15, 0.2) is 0 Å². The summed E-state index contributed by atoms with van der Waals surface area (Å²) < 4.78 is 5.18. The Balaban J connectivity index is 1.62. The molecule has 1 aromatic rings. The van der Waals surface area contributed by atoms with Crippen molar-refractivity contribution in [1.29, 1.82) is 0 Å². The molecule has 1 aliphatic heterocycles. The predicted molar refractivity (Wildman–Crippen MR) is 94.4 cm³/mol. The molecule has 1 N–H and O–H groups in total. The van der Waals surface area contributed by atoms with Crippen LogP contribution < -0.4 is 5.32 Å². The number of hydrogen-bond acceptors (Lipinski definition) is 4. The summed E-state index contributed by atoms with van der Waals surface area (Å²) in [4.78, 5) is 27.2. The molecule has 1 aromatic heterocycles. The van der Waals surface area contributed by atoms with Gasteiger partial charge in [0.25, 0.3) is 0 Å². The lowest BCUT2D eigenvalue weighted by Gasteiger charge is -2.28. The van der Waals surface area contributed by atoms with Gasteiger partial charge in [0.05, 0.1) is 12.5 Å². The molecule has 2 amide bonds. The molecule has 24 heavy (non-hydrogen) atoms. The molecule has 0 radical (unpaired) electrons. The monoisotopic (exact) mass is 350 g/mol. The van der Waals surface area contributed by atoms with E-state index in [4.69, 9.17) is 4.42 Å². The zero-order chi connectivity index (χ0) is 16.9. The number of nitrogens with zero attached hydrogens (tertiary/aromatic N) is 1. The molecule has 1 saturated heterocycles. The van der Waals surface area contributed by atoms with Crippen molar-refractivity contribution >= 4 is 23.6 Å². The molecule has 2 fully saturated rings. The van der Waals surface area contributed by atoms with Crippen molar-refractivity contribution in [3.05, 3.63) is 24.2 Å². The Kier molecular flexibility index (Phi) is 5.87. The van der Waals surface area contributed by atoms with Crippen molar-refractivity contribution in [2.75, 3.05) is 12.3 Å². The van der Waals surface area contributed by atoms with Gasteiger partial charge >= 0.3 is 0 Å². The second-order valence-corrected chi connectivity index (χ2v) is 7.74. The van der Waals surface area contributed by atoms with Crippen molar-refractivity contribution in [3.63, 3.8) is 0 Å². The highest BCUT2D eigenvalue weighted by molar-refractivity contribution is 7.99. The van der Waals surface area contributed by atoms with Gasteiger partial charge in [-0.25, -0.2) is 0 Å². The highest BCUT2D eigenvalue weighted by Gasteiger charge is 2.46. The fraction of sp³-hybridized carbons (Fsp3) is 0.667. The van der Waals surface area contributed by atoms with Gasteiger partial charge in [0.1, 0.15) is 11.4 Å². The first-order valence-electron chi connectivity index (χ1n) is 8.96. The van der Waals surface area contributed by atoms with Crippen molar-refractivity contribution < 1.29 is 14.0 Å². The van der Waals surface area contributed by atoms with Crippen LogP contribution in [0.15, 0.2) is 23.0 Å². The first-order valence-corrected chi connectivity index (χ1v) is 10.0. The smallest absolute Gasteiger partial charge is 0.243 e. The molecule has 132 valence electrons. The Morgan fingerprint density at radius 3 is 2.83 bits per heavy atom. The molecule has 0 bridgehead atoms. The maximum Gasteiger partial charge on any atom is 0.243 e. The Morgan fingerprint density at radius 1 is 1.33 bits per heavy atom. The maximum absolute atomic E-state index is 12.7. The highest BCUT2D eigenvalue weighted by Crippen LogP contribution is 2.45. The lowest BCUT2D eigenvalue weighted by Crippen LogP contribution is -2.48. The van der Waals surface area contributed by atoms with E-state index in [1.807, 2.05) is 6.07 Å². The third-order valence-corrected chi connectivity index (χ3v) is 5.97. The van der Waals surface area contributed by atoms with Crippen LogP contribution in [-0.4, -0.2) is 35.1 Å². The predicted octanol–water partition coefficient (Wildman–Crippen LogP) is 3.33. The number of amides is 2. The molecular weight excluding hydrogens is 324 g/mol. The first kappa shape index (κ1) is 17.4. The standard InChI is InChI=1S/C18H26N2O3S/c1-2-3-4-5-9-19-16(21)15-12-24-18(14-8-10-23-11-14)20(15)17(22)13-6-7-13/h8,10-11,13,15,18H,2-7,9,12H2,1H3,(H,19,21)/t15-,18+/m1/s1. The summed E-state index contributed by atoms with van der Waals surface area (Å²) in [7, 11) is 0. The van der Waals surface area contributed by atoms with Crippen molar-refractivity contribution in [2.45, 2.75) is 56.9 Å². The quantitative estimate of drug-likeness (QED) is 0.731. The Labute approximate surface area is 147 Å². The van der Waals surface area contributed by atoms with E-state index in [-0.39, 0.29) is 29.1 Å². The molecule has 2 atom stereocenters. The summed E-state index contributed by atoms with van der Waals surface area (Å²) in [5, 5.41) is 2.92. The molecule has 5 nitrogen and oxygen atoms in total. The molecule has 6 heteroatoms. The number of thioether (sulfide) groups is 1. The summed E-state index contributed by atoms with van der Waals surface area (Å²) in [6, 6.07) is 1.52. The summed E-state index contributed by atoms with van der Waals surface area (Å²) in [5.41, 5.74) is 0.965. The third-order valence-electron chi connectivity index (χ3n) is 4.64. The molecule has 2 heterocycles. The van der Waals surface area contributed by atoms with Gasteiger partial charge < -0.3 is 14.6 Å². The molecule has 0 unspecified atom stereocenters. The molecule has 2 aliphatic rings. The van der Waals surface area contributed by atoms with Crippen molar-refractivity contribution in [2.24, 2.45) is 5.92 Å². The van der Waals surface area contributed by atoms with Gasteiger partial charge in [-0.2, -0.15) is 0 Å². The van der Waals surface area contributed by atoms with E-state index >= 15 is 0 Å². The van der Waals surface area contributed by atoms with E-state index in [1.165, 1.54) is 12.8 Å². The van der Waals surface area contributed by atoms with Gasteiger partial charge in [0.2, 0.25) is 11.8 Å². The Bertz CT molecular complexity index is 557. The lowest BCUT2D eigenvalue weighted by atomic mass is 10.1. The number of unbranched alkanes of at least 4 members (excludes halogenated alkanes) is 3. The SMILES string of the molecule is CCCCCCNC(=O)[C@H]1CS[C@@H](c2ccoc2)N1C(=O)C1CC1.